The van der Waals surface area contributed by atoms with Gasteiger partial charge in [0.05, 0.1) is 5.56 Å². The standard InChI is InChI=1S/C15H20N2O2/c1-3-5-14-6-4-7-17(14)11(2)12-8-13(15(18)19)10-16-9-12/h8-10,14H,2-7H2,1H3,(H,18,19)/t14-/m0/s1. The zero-order valence-electron chi connectivity index (χ0n) is 11.3. The number of hydrogen-bond acceptors (Lipinski definition) is 3. The van der Waals surface area contributed by atoms with Crippen molar-refractivity contribution >= 4 is 11.7 Å². The number of carbonyl (C=O) groups is 1. The molecule has 1 N–H and O–H groups in total. The summed E-state index contributed by atoms with van der Waals surface area (Å²) in [5.74, 6) is -0.950. The molecule has 2 heterocycles. The van der Waals surface area contributed by atoms with E-state index in [1.807, 2.05) is 0 Å². The minimum absolute atomic E-state index is 0.213. The van der Waals surface area contributed by atoms with Crippen molar-refractivity contribution in [3.63, 3.8) is 0 Å². The van der Waals surface area contributed by atoms with Crippen LogP contribution in [0.1, 0.15) is 48.5 Å². The second-order valence-electron chi connectivity index (χ2n) is 4.99. The molecule has 102 valence electrons. The van der Waals surface area contributed by atoms with Crippen molar-refractivity contribution in [3.8, 4) is 0 Å². The van der Waals surface area contributed by atoms with E-state index in [1.165, 1.54) is 19.0 Å². The highest BCUT2D eigenvalue weighted by Gasteiger charge is 2.25. The van der Waals surface area contributed by atoms with E-state index in [2.05, 4.69) is 23.4 Å². The van der Waals surface area contributed by atoms with Crippen molar-refractivity contribution in [3.05, 3.63) is 36.2 Å². The molecule has 1 aromatic rings. The minimum Gasteiger partial charge on any atom is -0.478 e. The fourth-order valence-electron chi connectivity index (χ4n) is 2.70. The number of hydrogen-bond donors (Lipinski definition) is 1. The molecule has 0 radical (unpaired) electrons. The molecule has 0 unspecified atom stereocenters. The van der Waals surface area contributed by atoms with Crippen LogP contribution in [-0.2, 0) is 0 Å². The highest BCUT2D eigenvalue weighted by atomic mass is 16.4. The molecule has 0 bridgehead atoms. The lowest BCUT2D eigenvalue weighted by molar-refractivity contribution is 0.0696. The summed E-state index contributed by atoms with van der Waals surface area (Å²) in [5, 5.41) is 9.01. The SMILES string of the molecule is C=C(c1cncc(C(=O)O)c1)N1CCC[C@@H]1CCC. The normalized spacial score (nSPS) is 18.6. The Kier molecular flexibility index (Phi) is 4.20. The zero-order valence-corrected chi connectivity index (χ0v) is 11.3. The van der Waals surface area contributed by atoms with E-state index in [4.69, 9.17) is 5.11 Å². The number of likely N-dealkylation sites (tertiary alicyclic amines) is 1. The van der Waals surface area contributed by atoms with Crippen molar-refractivity contribution in [2.45, 2.75) is 38.6 Å². The second kappa shape index (κ2) is 5.87. The number of carboxylic acid groups (broad SMARTS) is 1. The van der Waals surface area contributed by atoms with Gasteiger partial charge in [0.25, 0.3) is 0 Å². The molecule has 1 fully saturated rings. The summed E-state index contributed by atoms with van der Waals surface area (Å²) < 4.78 is 0. The maximum absolute atomic E-state index is 11.0. The van der Waals surface area contributed by atoms with Gasteiger partial charge in [-0.05, 0) is 25.3 Å². The van der Waals surface area contributed by atoms with Crippen LogP contribution in [-0.4, -0.2) is 33.5 Å². The Bertz CT molecular complexity index is 485. The summed E-state index contributed by atoms with van der Waals surface area (Å²) >= 11 is 0. The predicted molar refractivity (Wildman–Crippen MR) is 74.9 cm³/mol. The molecular formula is C15H20N2O2. The summed E-state index contributed by atoms with van der Waals surface area (Å²) in [4.78, 5) is 17.3. The van der Waals surface area contributed by atoms with E-state index in [0.29, 0.717) is 6.04 Å². The number of aromatic nitrogens is 1. The van der Waals surface area contributed by atoms with Gasteiger partial charge in [-0.15, -0.1) is 0 Å². The van der Waals surface area contributed by atoms with E-state index in [0.717, 1.165) is 30.6 Å². The summed E-state index contributed by atoms with van der Waals surface area (Å²) in [6, 6.07) is 2.19. The average molecular weight is 260 g/mol. The first-order valence-electron chi connectivity index (χ1n) is 6.77. The average Bonchev–Trinajstić information content (AvgIpc) is 2.86. The molecule has 1 aliphatic rings. The van der Waals surface area contributed by atoms with Gasteiger partial charge >= 0.3 is 5.97 Å². The Morgan fingerprint density at radius 1 is 1.53 bits per heavy atom. The molecule has 4 heteroatoms. The number of aromatic carboxylic acids is 1. The van der Waals surface area contributed by atoms with Gasteiger partial charge in [0.2, 0.25) is 0 Å². The van der Waals surface area contributed by atoms with Gasteiger partial charge in [-0.3, -0.25) is 4.98 Å². The largest absolute Gasteiger partial charge is 0.478 e. The Morgan fingerprint density at radius 3 is 2.95 bits per heavy atom. The van der Waals surface area contributed by atoms with Gasteiger partial charge in [0.15, 0.2) is 0 Å². The van der Waals surface area contributed by atoms with Crippen molar-refractivity contribution < 1.29 is 9.90 Å². The fourth-order valence-corrected chi connectivity index (χ4v) is 2.70. The Morgan fingerprint density at radius 2 is 2.26 bits per heavy atom. The van der Waals surface area contributed by atoms with Gasteiger partial charge in [-0.25, -0.2) is 4.79 Å². The number of rotatable bonds is 5. The zero-order chi connectivity index (χ0) is 13.8. The Hall–Kier alpha value is -1.84. The quantitative estimate of drug-likeness (QED) is 0.884. The van der Waals surface area contributed by atoms with Crippen LogP contribution in [0.4, 0.5) is 0 Å². The molecule has 1 saturated heterocycles. The summed E-state index contributed by atoms with van der Waals surface area (Å²) in [5.41, 5.74) is 1.92. The topological polar surface area (TPSA) is 53.4 Å². The van der Waals surface area contributed by atoms with Gasteiger partial charge in [0, 0.05) is 36.2 Å². The van der Waals surface area contributed by atoms with Crippen molar-refractivity contribution in [2.75, 3.05) is 6.54 Å². The number of nitrogens with zero attached hydrogens (tertiary/aromatic N) is 2. The summed E-state index contributed by atoms with van der Waals surface area (Å²) in [7, 11) is 0. The van der Waals surface area contributed by atoms with Gasteiger partial charge in [-0.2, -0.15) is 0 Å². The number of pyridine rings is 1. The molecule has 0 aromatic carbocycles. The van der Waals surface area contributed by atoms with Crippen LogP contribution < -0.4 is 0 Å². The molecule has 1 aliphatic heterocycles. The van der Waals surface area contributed by atoms with E-state index >= 15 is 0 Å². The molecule has 1 atom stereocenters. The third-order valence-corrected chi connectivity index (χ3v) is 3.66. The van der Waals surface area contributed by atoms with Crippen LogP contribution >= 0.6 is 0 Å². The first kappa shape index (κ1) is 13.6. The molecule has 0 aliphatic carbocycles. The molecular weight excluding hydrogens is 240 g/mol. The van der Waals surface area contributed by atoms with Crippen LogP contribution in [0.3, 0.4) is 0 Å². The van der Waals surface area contributed by atoms with Crippen LogP contribution in [0.5, 0.6) is 0 Å². The van der Waals surface area contributed by atoms with E-state index < -0.39 is 5.97 Å². The van der Waals surface area contributed by atoms with Crippen molar-refractivity contribution in [1.82, 2.24) is 9.88 Å². The monoisotopic (exact) mass is 260 g/mol. The molecule has 0 amide bonds. The third kappa shape index (κ3) is 2.95. The van der Waals surface area contributed by atoms with Crippen LogP contribution in [0, 0.1) is 0 Å². The molecule has 2 rings (SSSR count). The predicted octanol–water partition coefficient (Wildman–Crippen LogP) is 3.02. The third-order valence-electron chi connectivity index (χ3n) is 3.66. The lowest BCUT2D eigenvalue weighted by Crippen LogP contribution is -2.27. The maximum atomic E-state index is 11.0. The lowest BCUT2D eigenvalue weighted by Gasteiger charge is -2.28. The Balaban J connectivity index is 2.19. The highest BCUT2D eigenvalue weighted by Crippen LogP contribution is 2.29. The summed E-state index contributed by atoms with van der Waals surface area (Å²) in [6.45, 7) is 7.32. The minimum atomic E-state index is -0.950. The fraction of sp³-hybridized carbons (Fsp3) is 0.467. The van der Waals surface area contributed by atoms with E-state index in [-0.39, 0.29) is 5.56 Å². The van der Waals surface area contributed by atoms with E-state index in [1.54, 1.807) is 12.3 Å². The van der Waals surface area contributed by atoms with Crippen molar-refractivity contribution in [1.29, 1.82) is 0 Å². The van der Waals surface area contributed by atoms with Gasteiger partial charge < -0.3 is 10.0 Å². The van der Waals surface area contributed by atoms with Gasteiger partial charge in [-0.1, -0.05) is 19.9 Å². The lowest BCUT2D eigenvalue weighted by atomic mass is 10.1. The first-order chi connectivity index (χ1) is 9.13. The van der Waals surface area contributed by atoms with Crippen molar-refractivity contribution in [2.24, 2.45) is 0 Å². The summed E-state index contributed by atoms with van der Waals surface area (Å²) in [6.07, 6.45) is 7.74. The molecule has 0 saturated carbocycles. The van der Waals surface area contributed by atoms with Gasteiger partial charge in [0.1, 0.15) is 0 Å². The number of carboxylic acids is 1. The molecule has 4 nitrogen and oxygen atoms in total. The first-order valence-corrected chi connectivity index (χ1v) is 6.77. The van der Waals surface area contributed by atoms with Crippen LogP contribution in [0.2, 0.25) is 0 Å². The highest BCUT2D eigenvalue weighted by molar-refractivity contribution is 5.88. The smallest absolute Gasteiger partial charge is 0.337 e. The second-order valence-corrected chi connectivity index (χ2v) is 4.99. The van der Waals surface area contributed by atoms with Crippen LogP contribution in [0.15, 0.2) is 25.0 Å². The molecule has 1 aromatic heterocycles. The van der Waals surface area contributed by atoms with Crippen LogP contribution in [0.25, 0.3) is 5.70 Å². The van der Waals surface area contributed by atoms with E-state index in [9.17, 15) is 4.79 Å². The Labute approximate surface area is 113 Å². The molecule has 19 heavy (non-hydrogen) atoms. The molecule has 0 spiro atoms. The maximum Gasteiger partial charge on any atom is 0.337 e.